The van der Waals surface area contributed by atoms with Crippen molar-refractivity contribution in [1.82, 2.24) is 0 Å². The maximum absolute atomic E-state index is 11.7. The molecule has 3 fully saturated rings. The van der Waals surface area contributed by atoms with Crippen molar-refractivity contribution in [3.63, 3.8) is 0 Å². The molecule has 0 aromatic rings. The molecule has 3 saturated carbocycles. The molecule has 6 atom stereocenters. The quantitative estimate of drug-likeness (QED) is 0.547. The molecule has 6 unspecified atom stereocenters. The number of hydrogen-bond acceptors (Lipinski definition) is 2. The fourth-order valence-electron chi connectivity index (χ4n) is 4.29. The third-order valence-corrected chi connectivity index (χ3v) is 5.13. The molecule has 0 amide bonds. The van der Waals surface area contributed by atoms with Crippen LogP contribution in [0.15, 0.2) is 0 Å². The number of ketones is 2. The number of hydrogen-bond donors (Lipinski definition) is 0. The van der Waals surface area contributed by atoms with Crippen molar-refractivity contribution in [2.24, 2.45) is 35.5 Å². The van der Waals surface area contributed by atoms with Gasteiger partial charge in [-0.2, -0.15) is 0 Å². The molecule has 76 valence electrons. The standard InChI is InChI=1S/C12H16O2/c1-5-6(2)8-3-7(5)11-9(13)4-10(14)12(8)11/h5-8,11-12H,3-4H2,1-2H3. The molecule has 0 heterocycles. The Bertz CT molecular complexity index is 290. The molecule has 2 heteroatoms. The lowest BCUT2D eigenvalue weighted by molar-refractivity contribution is -0.123. The molecule has 3 aliphatic rings. The highest BCUT2D eigenvalue weighted by Crippen LogP contribution is 2.60. The van der Waals surface area contributed by atoms with E-state index >= 15 is 0 Å². The molecule has 2 bridgehead atoms. The Hall–Kier alpha value is -0.660. The fourth-order valence-corrected chi connectivity index (χ4v) is 4.29. The summed E-state index contributed by atoms with van der Waals surface area (Å²) >= 11 is 0. The van der Waals surface area contributed by atoms with Crippen LogP contribution in [0.3, 0.4) is 0 Å². The number of fused-ring (bicyclic) bond motifs is 5. The zero-order valence-corrected chi connectivity index (χ0v) is 8.69. The van der Waals surface area contributed by atoms with Crippen molar-refractivity contribution < 1.29 is 9.59 Å². The van der Waals surface area contributed by atoms with Gasteiger partial charge in [0, 0.05) is 11.8 Å². The largest absolute Gasteiger partial charge is 0.299 e. The SMILES string of the molecule is CC1C(C)C2CC1C1C(=O)CC(=O)C21. The van der Waals surface area contributed by atoms with Gasteiger partial charge in [0.05, 0.1) is 6.42 Å². The minimum Gasteiger partial charge on any atom is -0.299 e. The molecule has 3 aliphatic carbocycles. The topological polar surface area (TPSA) is 34.1 Å². The van der Waals surface area contributed by atoms with Crippen LogP contribution in [0.5, 0.6) is 0 Å². The van der Waals surface area contributed by atoms with E-state index in [1.54, 1.807) is 0 Å². The van der Waals surface area contributed by atoms with Crippen molar-refractivity contribution in [2.45, 2.75) is 26.7 Å². The summed E-state index contributed by atoms with van der Waals surface area (Å²) in [5, 5.41) is 0. The van der Waals surface area contributed by atoms with Gasteiger partial charge in [-0.15, -0.1) is 0 Å². The lowest BCUT2D eigenvalue weighted by Gasteiger charge is -2.32. The molecule has 0 aliphatic heterocycles. The summed E-state index contributed by atoms with van der Waals surface area (Å²) in [6.45, 7) is 4.50. The fraction of sp³-hybridized carbons (Fsp3) is 0.833. The van der Waals surface area contributed by atoms with E-state index in [9.17, 15) is 9.59 Å². The molecule has 2 nitrogen and oxygen atoms in total. The lowest BCUT2D eigenvalue weighted by Crippen LogP contribution is -2.34. The maximum Gasteiger partial charge on any atom is 0.144 e. The molecule has 0 saturated heterocycles. The van der Waals surface area contributed by atoms with Crippen LogP contribution in [0, 0.1) is 35.5 Å². The van der Waals surface area contributed by atoms with Crippen molar-refractivity contribution >= 4 is 11.6 Å². The molecule has 14 heavy (non-hydrogen) atoms. The van der Waals surface area contributed by atoms with Crippen LogP contribution in [-0.4, -0.2) is 11.6 Å². The van der Waals surface area contributed by atoms with E-state index in [2.05, 4.69) is 13.8 Å². The minimum atomic E-state index is 0.124. The van der Waals surface area contributed by atoms with Crippen LogP contribution < -0.4 is 0 Å². The van der Waals surface area contributed by atoms with E-state index < -0.39 is 0 Å². The van der Waals surface area contributed by atoms with E-state index in [-0.39, 0.29) is 29.8 Å². The van der Waals surface area contributed by atoms with Crippen molar-refractivity contribution in [3.05, 3.63) is 0 Å². The summed E-state index contributed by atoms with van der Waals surface area (Å²) in [4.78, 5) is 23.4. The summed E-state index contributed by atoms with van der Waals surface area (Å²) < 4.78 is 0. The Morgan fingerprint density at radius 1 is 0.929 bits per heavy atom. The van der Waals surface area contributed by atoms with Gasteiger partial charge in [0.15, 0.2) is 0 Å². The summed E-state index contributed by atoms with van der Waals surface area (Å²) in [6, 6.07) is 0. The first-order chi connectivity index (χ1) is 6.61. The number of carbonyl (C=O) groups is 2. The van der Waals surface area contributed by atoms with Crippen LogP contribution in [0.1, 0.15) is 26.7 Å². The van der Waals surface area contributed by atoms with Gasteiger partial charge in [-0.25, -0.2) is 0 Å². The second-order valence-corrected chi connectivity index (χ2v) is 5.44. The van der Waals surface area contributed by atoms with Gasteiger partial charge < -0.3 is 0 Å². The summed E-state index contributed by atoms with van der Waals surface area (Å²) in [5.74, 6) is 3.08. The highest BCUT2D eigenvalue weighted by molar-refractivity contribution is 6.09. The normalized spacial score (nSPS) is 55.6. The Morgan fingerprint density at radius 2 is 1.36 bits per heavy atom. The van der Waals surface area contributed by atoms with Gasteiger partial charge in [-0.05, 0) is 30.1 Å². The van der Waals surface area contributed by atoms with Gasteiger partial charge in [0.2, 0.25) is 0 Å². The van der Waals surface area contributed by atoms with Crippen molar-refractivity contribution in [3.8, 4) is 0 Å². The number of Topliss-reactive ketones (excluding diaryl/α,β-unsaturated/α-hetero) is 2. The highest BCUT2D eigenvalue weighted by Gasteiger charge is 2.62. The second-order valence-electron chi connectivity index (χ2n) is 5.44. The van der Waals surface area contributed by atoms with Gasteiger partial charge in [-0.1, -0.05) is 13.8 Å². The van der Waals surface area contributed by atoms with E-state index in [0.717, 1.165) is 6.42 Å². The first-order valence-corrected chi connectivity index (χ1v) is 5.66. The third kappa shape index (κ3) is 0.783. The number of carbonyl (C=O) groups excluding carboxylic acids is 2. The first-order valence-electron chi connectivity index (χ1n) is 5.66. The molecule has 0 spiro atoms. The minimum absolute atomic E-state index is 0.124. The van der Waals surface area contributed by atoms with Crippen LogP contribution in [-0.2, 0) is 9.59 Å². The first kappa shape index (κ1) is 8.63. The average molecular weight is 192 g/mol. The van der Waals surface area contributed by atoms with Crippen LogP contribution in [0.4, 0.5) is 0 Å². The Kier molecular flexibility index (Phi) is 1.52. The Morgan fingerprint density at radius 3 is 1.79 bits per heavy atom. The highest BCUT2D eigenvalue weighted by atomic mass is 16.2. The molecule has 0 aromatic carbocycles. The molecular weight excluding hydrogens is 176 g/mol. The smallest absolute Gasteiger partial charge is 0.144 e. The lowest BCUT2D eigenvalue weighted by atomic mass is 9.70. The third-order valence-electron chi connectivity index (χ3n) is 5.13. The second kappa shape index (κ2) is 2.47. The zero-order valence-electron chi connectivity index (χ0n) is 8.69. The van der Waals surface area contributed by atoms with Crippen molar-refractivity contribution in [2.75, 3.05) is 0 Å². The molecule has 0 radical (unpaired) electrons. The molecule has 3 rings (SSSR count). The predicted octanol–water partition coefficient (Wildman–Crippen LogP) is 1.68. The maximum atomic E-state index is 11.7. The van der Waals surface area contributed by atoms with E-state index in [4.69, 9.17) is 0 Å². The molecule has 0 N–H and O–H groups in total. The number of rotatable bonds is 0. The van der Waals surface area contributed by atoms with Crippen LogP contribution in [0.25, 0.3) is 0 Å². The van der Waals surface area contributed by atoms with Crippen molar-refractivity contribution in [1.29, 1.82) is 0 Å². The van der Waals surface area contributed by atoms with E-state index in [1.165, 1.54) is 0 Å². The summed E-state index contributed by atoms with van der Waals surface area (Å²) in [5.41, 5.74) is 0. The Labute approximate surface area is 84.1 Å². The van der Waals surface area contributed by atoms with Gasteiger partial charge in [-0.3, -0.25) is 9.59 Å². The van der Waals surface area contributed by atoms with E-state index in [1.807, 2.05) is 0 Å². The predicted molar refractivity (Wildman–Crippen MR) is 51.5 cm³/mol. The molecular formula is C12H16O2. The Balaban J connectivity index is 2.01. The van der Waals surface area contributed by atoms with Crippen LogP contribution >= 0.6 is 0 Å². The summed E-state index contributed by atoms with van der Waals surface area (Å²) in [7, 11) is 0. The zero-order chi connectivity index (χ0) is 10.0. The monoisotopic (exact) mass is 192 g/mol. The van der Waals surface area contributed by atoms with E-state index in [0.29, 0.717) is 23.7 Å². The molecule has 0 aromatic heterocycles. The van der Waals surface area contributed by atoms with Gasteiger partial charge >= 0.3 is 0 Å². The average Bonchev–Trinajstić information content (AvgIpc) is 2.71. The van der Waals surface area contributed by atoms with Crippen LogP contribution in [0.2, 0.25) is 0 Å². The van der Waals surface area contributed by atoms with Gasteiger partial charge in [0.25, 0.3) is 0 Å². The van der Waals surface area contributed by atoms with Gasteiger partial charge in [0.1, 0.15) is 11.6 Å². The summed E-state index contributed by atoms with van der Waals surface area (Å²) in [6.07, 6.45) is 1.37.